The molecular weight excluding hydrogens is 1260 g/mol. The van der Waals surface area contributed by atoms with E-state index in [1.54, 1.807) is 0 Å². The lowest BCUT2D eigenvalue weighted by atomic mass is 10.1. The summed E-state index contributed by atoms with van der Waals surface area (Å²) < 4.78 is 23.1. The summed E-state index contributed by atoms with van der Waals surface area (Å²) in [5.41, 5.74) is 27.5. The Hall–Kier alpha value is -13.9. The molecule has 0 radical (unpaired) electrons. The van der Waals surface area contributed by atoms with Gasteiger partial charge in [-0.25, -0.2) is 15.0 Å². The fraction of sp³-hybridized carbons (Fsp3) is 0.0333. The van der Waals surface area contributed by atoms with Gasteiger partial charge in [0, 0.05) is 109 Å². The van der Waals surface area contributed by atoms with Crippen molar-refractivity contribution in [1.29, 1.82) is 0 Å². The first-order valence-electron chi connectivity index (χ1n) is 35.0. The van der Waals surface area contributed by atoms with Crippen molar-refractivity contribution in [2.45, 2.75) is 0 Å². The van der Waals surface area contributed by atoms with E-state index in [-0.39, 0.29) is 0 Å². The Morgan fingerprint density at radius 2 is 0.573 bits per heavy atom. The van der Waals surface area contributed by atoms with Gasteiger partial charge in [0.2, 0.25) is 17.3 Å². The van der Waals surface area contributed by atoms with Crippen LogP contribution in [-0.4, -0.2) is 60.1 Å². The average Bonchev–Trinajstić information content (AvgIpc) is 1.55. The van der Waals surface area contributed by atoms with Gasteiger partial charge < -0.3 is 18.3 Å². The van der Waals surface area contributed by atoms with E-state index in [1.807, 2.05) is 6.07 Å². The minimum Gasteiger partial charge on any atom is -0.344 e. The molecule has 0 saturated carbocycles. The Morgan fingerprint density at radius 3 is 1.16 bits per heavy atom. The number of rotatable bonds is 4. The van der Waals surface area contributed by atoms with Gasteiger partial charge in [0.15, 0.2) is 0 Å². The van der Waals surface area contributed by atoms with Gasteiger partial charge in [-0.1, -0.05) is 164 Å². The average molecular weight is 1320 g/mol. The van der Waals surface area contributed by atoms with Crippen LogP contribution in [0.1, 0.15) is 0 Å². The maximum Gasteiger partial charge on any atom is 0.220 e. The van der Waals surface area contributed by atoms with Crippen LogP contribution in [0.5, 0.6) is 0 Å². The summed E-state index contributed by atoms with van der Waals surface area (Å²) in [5.74, 6) is 2.79. The van der Waals surface area contributed by atoms with E-state index in [1.165, 1.54) is 87.2 Å². The van der Waals surface area contributed by atoms with Crippen molar-refractivity contribution in [3.05, 3.63) is 315 Å². The second-order valence-corrected chi connectivity index (χ2v) is 27.0. The number of nitrogens with zero attached hydrogens (tertiary/aromatic N) is 13. The van der Waals surface area contributed by atoms with Crippen LogP contribution in [0.4, 0.5) is 0 Å². The van der Waals surface area contributed by atoms with E-state index in [2.05, 4.69) is 376 Å². The monoisotopic (exact) mass is 1320 g/mol. The summed E-state index contributed by atoms with van der Waals surface area (Å²) in [6.45, 7) is 0. The van der Waals surface area contributed by atoms with Crippen LogP contribution in [0.15, 0.2) is 315 Å². The van der Waals surface area contributed by atoms with E-state index < -0.39 is 0 Å². The van der Waals surface area contributed by atoms with E-state index in [0.717, 1.165) is 106 Å². The van der Waals surface area contributed by atoms with Crippen molar-refractivity contribution in [1.82, 2.24) is 60.1 Å². The molecule has 0 aliphatic carbocycles. The third-order valence-corrected chi connectivity index (χ3v) is 21.7. The summed E-state index contributed by atoms with van der Waals surface area (Å²) in [7, 11) is 6.46. The fourth-order valence-corrected chi connectivity index (χ4v) is 17.2. The van der Waals surface area contributed by atoms with E-state index >= 15 is 0 Å². The Kier molecular flexibility index (Phi) is 11.9. The zero-order valence-electron chi connectivity index (χ0n) is 56.3. The topological polar surface area (TPSA) is 86.4 Å². The molecule has 0 spiro atoms. The Morgan fingerprint density at radius 1 is 0.194 bits per heavy atom. The number of fused-ring (bicyclic) bond motifs is 30. The molecule has 10 aromatic heterocycles. The molecule has 0 bridgehead atoms. The highest BCUT2D eigenvalue weighted by molar-refractivity contribution is 6.21. The van der Waals surface area contributed by atoms with Crippen LogP contribution in [0.3, 0.4) is 0 Å². The molecule has 0 fully saturated rings. The van der Waals surface area contributed by atoms with Crippen LogP contribution in [-0.2, 0) is 21.1 Å². The van der Waals surface area contributed by atoms with Crippen LogP contribution in [0.2, 0.25) is 0 Å². The minimum atomic E-state index is 0.913. The molecular formula is C90H61N13. The first kappa shape index (κ1) is 57.0. The van der Waals surface area contributed by atoms with Crippen molar-refractivity contribution < 1.29 is 0 Å². The van der Waals surface area contributed by atoms with Crippen LogP contribution in [0.25, 0.3) is 194 Å². The molecule has 24 aromatic rings. The molecule has 0 unspecified atom stereocenters. The number of aryl methyl sites for hydroxylation is 3. The van der Waals surface area contributed by atoms with Gasteiger partial charge in [-0.05, 0) is 152 Å². The number of benzene rings is 14. The van der Waals surface area contributed by atoms with Crippen molar-refractivity contribution >= 4 is 171 Å². The zero-order valence-corrected chi connectivity index (χ0v) is 56.3. The number of hydrogen-bond donors (Lipinski definition) is 0. The van der Waals surface area contributed by atoms with Crippen LogP contribution < -0.4 is 0 Å². The summed E-state index contributed by atoms with van der Waals surface area (Å²) in [5, 5.41) is 10.0. The van der Waals surface area contributed by atoms with Crippen LogP contribution in [0, 0.1) is 0 Å². The second kappa shape index (κ2) is 21.5. The van der Waals surface area contributed by atoms with E-state index in [4.69, 9.17) is 15.0 Å². The highest BCUT2D eigenvalue weighted by atomic mass is 15.2. The molecule has 0 aliphatic rings. The largest absolute Gasteiger partial charge is 0.344 e. The Balaban J connectivity index is 0.0000000999. The molecule has 0 N–H and O–H groups in total. The van der Waals surface area contributed by atoms with Gasteiger partial charge in [-0.15, -0.1) is 0 Å². The lowest BCUT2D eigenvalue weighted by Crippen LogP contribution is -1.96. The van der Waals surface area contributed by atoms with Crippen molar-refractivity contribution in [2.75, 3.05) is 0 Å². The van der Waals surface area contributed by atoms with Crippen molar-refractivity contribution in [2.24, 2.45) is 21.1 Å². The SMILES string of the molecule is Cn1c2ccccc2c2cc(-n3c4ccccc4c4ccc5c(nc6n(-c7ccccc7)c7ccccc7n56)c43)ccc21.Cn1c2ccccc2c2ccc3c(c21)n1c2ccccc2nc1n3-c1ccccc1.Cn1c2ccccc2c2ccc3nc4n(-c5ccccc5)c5ccccc5n4c3c21. The molecule has 24 rings (SSSR count). The predicted molar refractivity (Wildman–Crippen MR) is 425 cm³/mol. The maximum absolute atomic E-state index is 5.46. The maximum atomic E-state index is 5.46. The molecule has 103 heavy (non-hydrogen) atoms. The lowest BCUT2D eigenvalue weighted by molar-refractivity contribution is 1.01. The lowest BCUT2D eigenvalue weighted by Gasteiger charge is -2.09. The number of para-hydroxylation sites is 13. The fourth-order valence-electron chi connectivity index (χ4n) is 17.2. The first-order chi connectivity index (χ1) is 50.9. The highest BCUT2D eigenvalue weighted by Gasteiger charge is 2.26. The molecule has 13 nitrogen and oxygen atoms in total. The summed E-state index contributed by atoms with van der Waals surface area (Å²) in [6, 6.07) is 112. The summed E-state index contributed by atoms with van der Waals surface area (Å²) in [6.07, 6.45) is 0. The van der Waals surface area contributed by atoms with Gasteiger partial charge in [-0.2, -0.15) is 0 Å². The number of imidazole rings is 6. The highest BCUT2D eigenvalue weighted by Crippen LogP contribution is 2.43. The molecule has 0 amide bonds. The number of hydrogen-bond acceptors (Lipinski definition) is 3. The molecule has 0 saturated heterocycles. The van der Waals surface area contributed by atoms with Gasteiger partial charge in [0.05, 0.1) is 82.8 Å². The second-order valence-electron chi connectivity index (χ2n) is 27.0. The van der Waals surface area contributed by atoms with Gasteiger partial charge in [0.1, 0.15) is 5.52 Å². The molecule has 0 atom stereocenters. The Labute approximate surface area is 586 Å². The normalized spacial score (nSPS) is 12.2. The third-order valence-electron chi connectivity index (χ3n) is 21.7. The molecule has 486 valence electrons. The molecule has 10 heterocycles. The number of aromatic nitrogens is 13. The van der Waals surface area contributed by atoms with Crippen molar-refractivity contribution in [3.63, 3.8) is 0 Å². The first-order valence-corrected chi connectivity index (χ1v) is 35.0. The predicted octanol–water partition coefficient (Wildman–Crippen LogP) is 21.3. The standard InChI is InChI=1S/C38H25N5.2C26H18N4/c1-40-30-15-7-5-14-27(30)29-23-25(19-21-31(29)40)41-32-16-8-6-13-26(32)28-20-22-35-36(37(28)41)39-38-42(24-11-3-2-4-12-24)33-17-9-10-18-34(33)43(35)38;1-28-21-13-7-5-11-18(21)19-15-16-23-25(24(19)28)30-22-14-8-6-12-20(22)27-26(30)29(23)17-9-3-2-4-10-17;1-28-21-12-6-5-11-18(21)19-15-16-20-25(24(19)28)30-23-14-8-7-13-22(23)29(26(30)27-20)17-9-3-2-4-10-17/h2-23H,1H3;2*2-16H,1H3. The summed E-state index contributed by atoms with van der Waals surface area (Å²) in [4.78, 5) is 15.6. The van der Waals surface area contributed by atoms with Gasteiger partial charge in [0.25, 0.3) is 0 Å². The Bertz CT molecular complexity index is 7650. The minimum absolute atomic E-state index is 0.913. The van der Waals surface area contributed by atoms with Crippen LogP contribution >= 0.6 is 0 Å². The third kappa shape index (κ3) is 7.92. The zero-order chi connectivity index (χ0) is 67.9. The van der Waals surface area contributed by atoms with Crippen molar-refractivity contribution in [3.8, 4) is 22.7 Å². The molecule has 14 aromatic carbocycles. The van der Waals surface area contributed by atoms with Gasteiger partial charge >= 0.3 is 0 Å². The van der Waals surface area contributed by atoms with Gasteiger partial charge in [-0.3, -0.25) is 26.9 Å². The summed E-state index contributed by atoms with van der Waals surface area (Å²) >= 11 is 0. The molecule has 13 heteroatoms. The smallest absolute Gasteiger partial charge is 0.220 e. The van der Waals surface area contributed by atoms with E-state index in [0.29, 0.717) is 0 Å². The quantitative estimate of drug-likeness (QED) is 0.176. The molecule has 0 aliphatic heterocycles. The van der Waals surface area contributed by atoms with E-state index in [9.17, 15) is 0 Å².